The number of thiophene rings is 1. The molecule has 10 heteroatoms. The predicted molar refractivity (Wildman–Crippen MR) is 236 cm³/mol. The van der Waals surface area contributed by atoms with Crippen molar-refractivity contribution in [1.29, 1.82) is 0 Å². The van der Waals surface area contributed by atoms with Crippen molar-refractivity contribution < 1.29 is 0 Å². The number of fused-ring (bicyclic) bond motifs is 6. The third kappa shape index (κ3) is 5.31. The van der Waals surface area contributed by atoms with Crippen LogP contribution in [0.4, 0.5) is 0 Å². The molecule has 0 amide bonds. The molecule has 3 heterocycles. The minimum atomic E-state index is 0.128. The van der Waals surface area contributed by atoms with Gasteiger partial charge in [0, 0.05) is 53.3 Å². The normalized spacial score (nSPS) is 11.6. The molecule has 10 rings (SSSR count). The van der Waals surface area contributed by atoms with Crippen molar-refractivity contribution in [3.63, 3.8) is 0 Å². The van der Waals surface area contributed by atoms with Gasteiger partial charge in [-0.25, -0.2) is 15.0 Å². The first-order chi connectivity index (χ1) is 26.9. The monoisotopic (exact) mass is 706 g/mol. The first-order valence-electron chi connectivity index (χ1n) is 17.7. The maximum absolute atomic E-state index is 6.53. The molecule has 0 fully saturated rings. The average molecular weight is 706 g/mol. The maximum Gasteiger partial charge on any atom is 0.165 e. The molecule has 0 saturated heterocycles. The van der Waals surface area contributed by atoms with Gasteiger partial charge in [-0.1, -0.05) is 114 Å². The number of hydrogen-bond donors (Lipinski definition) is 0. The number of aromatic nitrogens is 4. The van der Waals surface area contributed by atoms with Gasteiger partial charge in [-0.3, -0.25) is 0 Å². The van der Waals surface area contributed by atoms with Crippen LogP contribution >= 0.6 is 11.3 Å². The van der Waals surface area contributed by atoms with Crippen LogP contribution < -0.4 is 27.3 Å². The highest BCUT2D eigenvalue weighted by Crippen LogP contribution is 2.44. The summed E-state index contributed by atoms with van der Waals surface area (Å²) < 4.78 is 4.54. The Kier molecular flexibility index (Phi) is 7.93. The van der Waals surface area contributed by atoms with E-state index in [1.807, 2.05) is 48.5 Å². The summed E-state index contributed by atoms with van der Waals surface area (Å²) in [6.45, 7) is 0. The quantitative estimate of drug-likeness (QED) is 0.207. The first-order valence-corrected chi connectivity index (χ1v) is 18.6. The van der Waals surface area contributed by atoms with Crippen LogP contribution in [0.5, 0.6) is 0 Å². The van der Waals surface area contributed by atoms with Crippen molar-refractivity contribution in [2.45, 2.75) is 0 Å². The van der Waals surface area contributed by atoms with Gasteiger partial charge >= 0.3 is 0 Å². The largest absolute Gasteiger partial charge is 0.309 e. The molecule has 4 nitrogen and oxygen atoms in total. The van der Waals surface area contributed by atoms with Gasteiger partial charge in [0.2, 0.25) is 0 Å². The fourth-order valence-electron chi connectivity index (χ4n) is 7.63. The second kappa shape index (κ2) is 13.0. The summed E-state index contributed by atoms with van der Waals surface area (Å²) in [6, 6.07) is 48.3. The summed E-state index contributed by atoms with van der Waals surface area (Å²) >= 11 is 1.72. The molecule has 10 radical (unpaired) electrons. The molecular formula is C45H23B5N4S. The molecule has 55 heavy (non-hydrogen) atoms. The molecule has 0 aliphatic rings. The zero-order chi connectivity index (χ0) is 37.4. The van der Waals surface area contributed by atoms with E-state index in [9.17, 15) is 0 Å². The molecule has 244 valence electrons. The standard InChI is InChI=1S/C45H23B5N4S/c46-36-35(37(47)39(49)40(50)38(36)48)45-52-43(24-11-3-1-4-12-24)51-44(53-45)31-19-10-18-30-29-17-9-16-27(41(29)55-42(30)31)25-21-22-34-32(23-25)28-15-7-8-20-33(28)54(34)26-13-5-2-6-14-26/h1-23H. The number of nitrogens with zero attached hydrogens (tertiary/aromatic N) is 4. The van der Waals surface area contributed by atoms with Gasteiger partial charge in [0.05, 0.1) is 11.0 Å². The lowest BCUT2D eigenvalue weighted by Gasteiger charge is -2.20. The van der Waals surface area contributed by atoms with Crippen molar-refractivity contribution in [2.75, 3.05) is 0 Å². The summed E-state index contributed by atoms with van der Waals surface area (Å²) in [4.78, 5) is 14.9. The smallest absolute Gasteiger partial charge is 0.165 e. The lowest BCUT2D eigenvalue weighted by molar-refractivity contribution is 1.08. The van der Waals surface area contributed by atoms with Crippen molar-refractivity contribution >= 4 is 120 Å². The van der Waals surface area contributed by atoms with E-state index >= 15 is 0 Å². The minimum absolute atomic E-state index is 0.128. The number of rotatable bonds is 5. The van der Waals surface area contributed by atoms with E-state index in [0.717, 1.165) is 48.9 Å². The van der Waals surface area contributed by atoms with Gasteiger partial charge in [0.1, 0.15) is 39.2 Å². The Bertz CT molecular complexity index is 3130. The van der Waals surface area contributed by atoms with Crippen LogP contribution in [0, 0.1) is 0 Å². The van der Waals surface area contributed by atoms with Crippen molar-refractivity contribution in [2.24, 2.45) is 0 Å². The lowest BCUT2D eigenvalue weighted by Crippen LogP contribution is -2.55. The summed E-state index contributed by atoms with van der Waals surface area (Å²) in [5.74, 6) is 1.17. The van der Waals surface area contributed by atoms with E-state index in [0.29, 0.717) is 17.2 Å². The average Bonchev–Trinajstić information content (AvgIpc) is 3.78. The van der Waals surface area contributed by atoms with Crippen LogP contribution in [0.3, 0.4) is 0 Å². The third-order valence-electron chi connectivity index (χ3n) is 10.4. The third-order valence-corrected chi connectivity index (χ3v) is 11.6. The van der Waals surface area contributed by atoms with Crippen molar-refractivity contribution in [1.82, 2.24) is 19.5 Å². The number of benzene rings is 7. The van der Waals surface area contributed by atoms with Crippen molar-refractivity contribution in [3.05, 3.63) is 140 Å². The fraction of sp³-hybridized carbons (Fsp3) is 0. The minimum Gasteiger partial charge on any atom is -0.309 e. The van der Waals surface area contributed by atoms with Gasteiger partial charge in [0.15, 0.2) is 17.5 Å². The molecule has 0 saturated carbocycles. The zero-order valence-electron chi connectivity index (χ0n) is 29.4. The van der Waals surface area contributed by atoms with Crippen LogP contribution in [0.15, 0.2) is 140 Å². The molecule has 0 unspecified atom stereocenters. The molecule has 7 aromatic carbocycles. The Morgan fingerprint density at radius 3 is 1.67 bits per heavy atom. The van der Waals surface area contributed by atoms with Gasteiger partial charge in [-0.15, -0.1) is 27.7 Å². The van der Waals surface area contributed by atoms with Gasteiger partial charge < -0.3 is 4.57 Å². The van der Waals surface area contributed by atoms with Crippen molar-refractivity contribution in [3.8, 4) is 51.0 Å². The van der Waals surface area contributed by atoms with E-state index in [1.165, 1.54) is 21.0 Å². The maximum atomic E-state index is 6.53. The second-order valence-corrected chi connectivity index (χ2v) is 14.5. The van der Waals surface area contributed by atoms with Gasteiger partial charge in [0.25, 0.3) is 0 Å². The zero-order valence-corrected chi connectivity index (χ0v) is 30.2. The molecular weight excluding hydrogens is 683 g/mol. The van der Waals surface area contributed by atoms with Gasteiger partial charge in [-0.2, -0.15) is 0 Å². The predicted octanol–water partition coefficient (Wildman–Crippen LogP) is 5.97. The Hall–Kier alpha value is -6.11. The Morgan fingerprint density at radius 1 is 0.400 bits per heavy atom. The SMILES string of the molecule is [B]c1c([B])c([B])c(-c2nc(-c3ccccc3)nc(-c3cccc4c3sc3c(-c5ccc6c(c5)c5ccccc5n6-c5ccccc5)cccc34)n2)c([B])c1[B]. The number of para-hydroxylation sites is 2. The summed E-state index contributed by atoms with van der Waals surface area (Å²) in [7, 11) is 31.8. The van der Waals surface area contributed by atoms with Crippen LogP contribution in [0.1, 0.15) is 0 Å². The van der Waals surface area contributed by atoms with Crippen LogP contribution in [0.25, 0.3) is 93.0 Å². The molecule has 0 aliphatic heterocycles. The highest BCUT2D eigenvalue weighted by molar-refractivity contribution is 7.26. The Balaban J connectivity index is 1.18. The lowest BCUT2D eigenvalue weighted by atomic mass is 9.60. The summed E-state index contributed by atoms with van der Waals surface area (Å²) in [5.41, 5.74) is 8.43. The molecule has 10 aromatic rings. The van der Waals surface area contributed by atoms with Crippen LogP contribution in [-0.4, -0.2) is 58.8 Å². The molecule has 0 N–H and O–H groups in total. The summed E-state index contributed by atoms with van der Waals surface area (Å²) in [5, 5.41) is 4.66. The molecule has 0 atom stereocenters. The Morgan fingerprint density at radius 2 is 0.945 bits per heavy atom. The molecule has 3 aromatic heterocycles. The molecule has 0 aliphatic carbocycles. The number of hydrogen-bond acceptors (Lipinski definition) is 4. The van der Waals surface area contributed by atoms with E-state index in [4.69, 9.17) is 54.2 Å². The van der Waals surface area contributed by atoms with Crippen LogP contribution in [0.2, 0.25) is 0 Å². The topological polar surface area (TPSA) is 43.6 Å². The molecule has 0 spiro atoms. The Labute approximate surface area is 328 Å². The fourth-order valence-corrected chi connectivity index (χ4v) is 8.98. The highest BCUT2D eigenvalue weighted by atomic mass is 32.1. The van der Waals surface area contributed by atoms with E-state index in [1.54, 1.807) is 11.3 Å². The second-order valence-electron chi connectivity index (χ2n) is 13.5. The van der Waals surface area contributed by atoms with E-state index in [-0.39, 0.29) is 33.1 Å². The van der Waals surface area contributed by atoms with E-state index < -0.39 is 0 Å². The first kappa shape index (κ1) is 33.5. The molecule has 0 bridgehead atoms. The summed E-state index contributed by atoms with van der Waals surface area (Å²) in [6.07, 6.45) is 0. The van der Waals surface area contributed by atoms with Crippen LogP contribution in [-0.2, 0) is 0 Å². The van der Waals surface area contributed by atoms with Gasteiger partial charge in [-0.05, 0) is 47.5 Å². The highest BCUT2D eigenvalue weighted by Gasteiger charge is 2.21. The van der Waals surface area contributed by atoms with E-state index in [2.05, 4.69) is 95.6 Å².